The molecule has 0 saturated carbocycles. The van der Waals surface area contributed by atoms with Crippen LogP contribution in [0.15, 0.2) is 78.0 Å². The normalized spacial score (nSPS) is 10.8. The molecular formula is C22H16F2N4O2S. The predicted octanol–water partition coefficient (Wildman–Crippen LogP) is 4.65. The summed E-state index contributed by atoms with van der Waals surface area (Å²) in [4.78, 5) is 12.3. The fraction of sp³-hybridized carbons (Fsp3) is 0.0455. The van der Waals surface area contributed by atoms with E-state index in [1.165, 1.54) is 0 Å². The topological polar surface area (TPSA) is 80.0 Å². The monoisotopic (exact) mass is 438 g/mol. The van der Waals surface area contributed by atoms with E-state index in [0.717, 1.165) is 29.6 Å². The third kappa shape index (κ3) is 4.56. The number of carbonyl (C=O) groups excluding carboxylic acids is 1. The predicted molar refractivity (Wildman–Crippen MR) is 114 cm³/mol. The fourth-order valence-electron chi connectivity index (χ4n) is 2.92. The van der Waals surface area contributed by atoms with Crippen LogP contribution in [0.1, 0.15) is 0 Å². The minimum atomic E-state index is -0.854. The van der Waals surface area contributed by atoms with Crippen molar-refractivity contribution in [1.82, 2.24) is 14.8 Å². The third-order valence-electron chi connectivity index (χ3n) is 4.33. The number of rotatable bonds is 6. The van der Waals surface area contributed by atoms with Crippen molar-refractivity contribution in [2.24, 2.45) is 0 Å². The highest BCUT2D eigenvalue weighted by molar-refractivity contribution is 7.99. The first-order chi connectivity index (χ1) is 15.0. The van der Waals surface area contributed by atoms with E-state index in [2.05, 4.69) is 15.5 Å². The van der Waals surface area contributed by atoms with Crippen LogP contribution in [0.3, 0.4) is 0 Å². The molecule has 1 heterocycles. The maximum Gasteiger partial charge on any atom is 0.234 e. The highest BCUT2D eigenvalue weighted by Gasteiger charge is 2.19. The average Bonchev–Trinajstić information content (AvgIpc) is 3.19. The number of thioether (sulfide) groups is 1. The minimum Gasteiger partial charge on any atom is -0.507 e. The van der Waals surface area contributed by atoms with Gasteiger partial charge in [-0.2, -0.15) is 0 Å². The number of hydrogen-bond acceptors (Lipinski definition) is 5. The molecule has 4 aromatic rings. The van der Waals surface area contributed by atoms with E-state index in [0.29, 0.717) is 22.6 Å². The largest absolute Gasteiger partial charge is 0.507 e. The van der Waals surface area contributed by atoms with E-state index < -0.39 is 17.5 Å². The zero-order chi connectivity index (χ0) is 21.8. The first-order valence-corrected chi connectivity index (χ1v) is 10.2. The maximum absolute atomic E-state index is 13.8. The fourth-order valence-corrected chi connectivity index (χ4v) is 3.67. The average molecular weight is 438 g/mol. The standard InChI is InChI=1S/C22H16F2N4O2S/c23-14-10-11-18(17(24)12-14)25-20(30)13-31-22-27-26-21(16-8-4-5-9-19(16)29)28(22)15-6-2-1-3-7-15/h1-12,29H,13H2,(H,25,30). The van der Waals surface area contributed by atoms with Crippen LogP contribution in [0.4, 0.5) is 14.5 Å². The SMILES string of the molecule is O=C(CSc1nnc(-c2ccccc2O)n1-c1ccccc1)Nc1ccc(F)cc1F. The number of anilines is 1. The van der Waals surface area contributed by atoms with Crippen LogP contribution in [0.2, 0.25) is 0 Å². The Morgan fingerprint density at radius 3 is 2.48 bits per heavy atom. The van der Waals surface area contributed by atoms with Gasteiger partial charge in [0.2, 0.25) is 5.91 Å². The van der Waals surface area contributed by atoms with Gasteiger partial charge in [-0.25, -0.2) is 8.78 Å². The number of para-hydroxylation sites is 2. The quantitative estimate of drug-likeness (QED) is 0.429. The number of nitrogens with one attached hydrogen (secondary N) is 1. The number of carbonyl (C=O) groups is 1. The smallest absolute Gasteiger partial charge is 0.234 e. The van der Waals surface area contributed by atoms with E-state index in [1.54, 1.807) is 28.8 Å². The van der Waals surface area contributed by atoms with Crippen LogP contribution < -0.4 is 5.32 Å². The molecule has 0 radical (unpaired) electrons. The number of nitrogens with zero attached hydrogens (tertiary/aromatic N) is 3. The molecule has 4 rings (SSSR count). The molecule has 0 unspecified atom stereocenters. The lowest BCUT2D eigenvalue weighted by Gasteiger charge is -2.11. The Morgan fingerprint density at radius 2 is 1.74 bits per heavy atom. The molecule has 0 bridgehead atoms. The second kappa shape index (κ2) is 8.97. The van der Waals surface area contributed by atoms with Gasteiger partial charge in [-0.15, -0.1) is 10.2 Å². The summed E-state index contributed by atoms with van der Waals surface area (Å²) in [7, 11) is 0. The minimum absolute atomic E-state index is 0.0492. The Morgan fingerprint density at radius 1 is 1.00 bits per heavy atom. The molecule has 6 nitrogen and oxygen atoms in total. The molecule has 0 aliphatic carbocycles. The van der Waals surface area contributed by atoms with Crippen LogP contribution in [0.5, 0.6) is 5.75 Å². The number of aromatic nitrogens is 3. The van der Waals surface area contributed by atoms with Gasteiger partial charge in [0, 0.05) is 11.8 Å². The Hall–Kier alpha value is -3.72. The summed E-state index contributed by atoms with van der Waals surface area (Å²) in [6, 6.07) is 19.0. The van der Waals surface area contributed by atoms with Gasteiger partial charge in [0.25, 0.3) is 0 Å². The molecule has 3 aromatic carbocycles. The van der Waals surface area contributed by atoms with Crippen molar-refractivity contribution in [3.05, 3.63) is 84.4 Å². The second-order valence-corrected chi connectivity index (χ2v) is 7.40. The van der Waals surface area contributed by atoms with Gasteiger partial charge in [-0.1, -0.05) is 42.1 Å². The molecule has 31 heavy (non-hydrogen) atoms. The van der Waals surface area contributed by atoms with Gasteiger partial charge >= 0.3 is 0 Å². The number of phenolic OH excluding ortho intramolecular Hbond substituents is 1. The van der Waals surface area contributed by atoms with E-state index in [4.69, 9.17) is 0 Å². The van der Waals surface area contributed by atoms with E-state index in [-0.39, 0.29) is 17.2 Å². The third-order valence-corrected chi connectivity index (χ3v) is 5.26. The molecule has 2 N–H and O–H groups in total. The van der Waals surface area contributed by atoms with E-state index >= 15 is 0 Å². The summed E-state index contributed by atoms with van der Waals surface area (Å²) in [6.07, 6.45) is 0. The highest BCUT2D eigenvalue weighted by atomic mass is 32.2. The Bertz CT molecular complexity index is 1230. The highest BCUT2D eigenvalue weighted by Crippen LogP contribution is 2.32. The summed E-state index contributed by atoms with van der Waals surface area (Å²) >= 11 is 1.10. The zero-order valence-electron chi connectivity index (χ0n) is 16.0. The van der Waals surface area contributed by atoms with Gasteiger partial charge in [-0.3, -0.25) is 9.36 Å². The number of amides is 1. The molecular weight excluding hydrogens is 422 g/mol. The van der Waals surface area contributed by atoms with Gasteiger partial charge in [0.05, 0.1) is 17.0 Å². The van der Waals surface area contributed by atoms with Crippen molar-refractivity contribution >= 4 is 23.4 Å². The van der Waals surface area contributed by atoms with Crippen LogP contribution in [-0.4, -0.2) is 31.5 Å². The van der Waals surface area contributed by atoms with E-state index in [1.807, 2.05) is 30.3 Å². The van der Waals surface area contributed by atoms with Crippen LogP contribution >= 0.6 is 11.8 Å². The van der Waals surface area contributed by atoms with Crippen molar-refractivity contribution in [2.45, 2.75) is 5.16 Å². The molecule has 1 aromatic heterocycles. The lowest BCUT2D eigenvalue weighted by Crippen LogP contribution is -2.15. The number of halogens is 2. The number of hydrogen-bond donors (Lipinski definition) is 2. The van der Waals surface area contributed by atoms with Gasteiger partial charge < -0.3 is 10.4 Å². The maximum atomic E-state index is 13.8. The van der Waals surface area contributed by atoms with Crippen molar-refractivity contribution in [1.29, 1.82) is 0 Å². The number of phenols is 1. The van der Waals surface area contributed by atoms with Gasteiger partial charge in [0.15, 0.2) is 11.0 Å². The number of aromatic hydroxyl groups is 1. The van der Waals surface area contributed by atoms with Gasteiger partial charge in [0.1, 0.15) is 17.4 Å². The van der Waals surface area contributed by atoms with Gasteiger partial charge in [-0.05, 0) is 36.4 Å². The van der Waals surface area contributed by atoms with Crippen molar-refractivity contribution in [3.8, 4) is 22.8 Å². The Kier molecular flexibility index (Phi) is 5.94. The summed E-state index contributed by atoms with van der Waals surface area (Å²) in [5.41, 5.74) is 1.13. The zero-order valence-corrected chi connectivity index (χ0v) is 16.8. The summed E-state index contributed by atoms with van der Waals surface area (Å²) < 4.78 is 28.5. The summed E-state index contributed by atoms with van der Waals surface area (Å²) in [5.74, 6) is -1.68. The molecule has 156 valence electrons. The van der Waals surface area contributed by atoms with Crippen molar-refractivity contribution in [3.63, 3.8) is 0 Å². The summed E-state index contributed by atoms with van der Waals surface area (Å²) in [5, 5.41) is 21.5. The molecule has 0 aliphatic rings. The number of benzene rings is 3. The molecule has 0 atom stereocenters. The first-order valence-electron chi connectivity index (χ1n) is 9.20. The van der Waals surface area contributed by atoms with Crippen LogP contribution in [-0.2, 0) is 4.79 Å². The summed E-state index contributed by atoms with van der Waals surface area (Å²) in [6.45, 7) is 0. The second-order valence-electron chi connectivity index (χ2n) is 6.46. The van der Waals surface area contributed by atoms with Crippen LogP contribution in [0, 0.1) is 11.6 Å². The van der Waals surface area contributed by atoms with Crippen molar-refractivity contribution in [2.75, 3.05) is 11.1 Å². The Labute approximate surface area is 180 Å². The molecule has 0 fully saturated rings. The molecule has 0 aliphatic heterocycles. The van der Waals surface area contributed by atoms with Crippen molar-refractivity contribution < 1.29 is 18.7 Å². The molecule has 9 heteroatoms. The molecule has 0 spiro atoms. The van der Waals surface area contributed by atoms with E-state index in [9.17, 15) is 18.7 Å². The van der Waals surface area contributed by atoms with Crippen LogP contribution in [0.25, 0.3) is 17.1 Å². The first kappa shape index (κ1) is 20.5. The lowest BCUT2D eigenvalue weighted by molar-refractivity contribution is -0.113. The lowest BCUT2D eigenvalue weighted by atomic mass is 10.2. The molecule has 1 amide bonds. The molecule has 0 saturated heterocycles. The Balaban J connectivity index is 1.60.